The highest BCUT2D eigenvalue weighted by Crippen LogP contribution is 1.97. The van der Waals surface area contributed by atoms with Crippen LogP contribution in [0.4, 0.5) is 0 Å². The van der Waals surface area contributed by atoms with Gasteiger partial charge in [-0.3, -0.25) is 0 Å². The number of hydrogen-bond acceptors (Lipinski definition) is 3. The number of ether oxygens (including phenoxy) is 1. The minimum atomic E-state index is -0.716. The lowest BCUT2D eigenvalue weighted by atomic mass is 10.3. The maximum Gasteiger partial charge on any atom is 0.154 e. The monoisotopic (exact) mass is 163 g/mol. The molecule has 0 aromatic rings. The van der Waals surface area contributed by atoms with E-state index in [9.17, 15) is 0 Å². The molecule has 60 valence electrons. The Balaban J connectivity index is 3.21. The van der Waals surface area contributed by atoms with E-state index in [2.05, 4.69) is 12.2 Å². The molecule has 0 fully saturated rings. The van der Waals surface area contributed by atoms with Crippen LogP contribution < -0.4 is 5.73 Å². The lowest BCUT2D eigenvalue weighted by Crippen LogP contribution is -2.16. The fourth-order valence-electron chi connectivity index (χ4n) is 0.541. The second kappa shape index (κ2) is 5.58. The van der Waals surface area contributed by atoms with Gasteiger partial charge >= 0.3 is 0 Å². The van der Waals surface area contributed by atoms with Crippen molar-refractivity contribution >= 4 is 17.2 Å². The predicted octanol–water partition coefficient (Wildman–Crippen LogP) is 0.408. The van der Waals surface area contributed by atoms with Gasteiger partial charge in [-0.1, -0.05) is 12.2 Å². The molecule has 3 N–H and O–H groups in total. The highest BCUT2D eigenvalue weighted by atomic mass is 32.1. The average molecular weight is 163 g/mol. The zero-order valence-corrected chi connectivity index (χ0v) is 6.86. The van der Waals surface area contributed by atoms with Gasteiger partial charge in [-0.2, -0.15) is 0 Å². The van der Waals surface area contributed by atoms with Gasteiger partial charge in [0, 0.05) is 19.4 Å². The molecule has 0 aromatic heterocycles. The molecular formula is C6H13NO2S. The van der Waals surface area contributed by atoms with E-state index in [0.717, 1.165) is 0 Å². The van der Waals surface area contributed by atoms with E-state index in [-0.39, 0.29) is 0 Å². The fourth-order valence-corrected chi connectivity index (χ4v) is 0.659. The summed E-state index contributed by atoms with van der Waals surface area (Å²) in [5, 5.41) is 8.96. The molecule has 4 heteroatoms. The highest BCUT2D eigenvalue weighted by molar-refractivity contribution is 7.80. The number of aliphatic hydroxyl groups excluding tert-OH is 1. The van der Waals surface area contributed by atoms with Crippen molar-refractivity contribution in [2.24, 2.45) is 5.73 Å². The SMILES string of the molecule is CCOC(O)CCC(N)=S. The number of hydrogen-bond donors (Lipinski definition) is 2. The highest BCUT2D eigenvalue weighted by Gasteiger charge is 2.01. The van der Waals surface area contributed by atoms with Crippen LogP contribution >= 0.6 is 12.2 Å². The lowest BCUT2D eigenvalue weighted by Gasteiger charge is -2.08. The van der Waals surface area contributed by atoms with Crippen LogP contribution in [0.1, 0.15) is 19.8 Å². The topological polar surface area (TPSA) is 55.5 Å². The lowest BCUT2D eigenvalue weighted by molar-refractivity contribution is -0.0970. The van der Waals surface area contributed by atoms with Crippen LogP contribution in [-0.2, 0) is 4.74 Å². The summed E-state index contributed by atoms with van der Waals surface area (Å²) in [6, 6.07) is 0. The van der Waals surface area contributed by atoms with Crippen LogP contribution in [0.3, 0.4) is 0 Å². The Morgan fingerprint density at radius 2 is 2.40 bits per heavy atom. The predicted molar refractivity (Wildman–Crippen MR) is 43.7 cm³/mol. The normalized spacial score (nSPS) is 13.0. The first-order valence-corrected chi connectivity index (χ1v) is 3.65. The van der Waals surface area contributed by atoms with Crippen molar-refractivity contribution in [3.05, 3.63) is 0 Å². The van der Waals surface area contributed by atoms with E-state index in [1.807, 2.05) is 6.92 Å². The summed E-state index contributed by atoms with van der Waals surface area (Å²) in [6.45, 7) is 2.34. The van der Waals surface area contributed by atoms with Gasteiger partial charge in [0.15, 0.2) is 6.29 Å². The molecule has 3 nitrogen and oxygen atoms in total. The third-order valence-electron chi connectivity index (χ3n) is 0.997. The van der Waals surface area contributed by atoms with E-state index in [0.29, 0.717) is 24.4 Å². The summed E-state index contributed by atoms with van der Waals surface area (Å²) >= 11 is 4.61. The molecule has 0 saturated carbocycles. The van der Waals surface area contributed by atoms with Crippen LogP contribution in [0.5, 0.6) is 0 Å². The minimum Gasteiger partial charge on any atom is -0.393 e. The third-order valence-corrected chi connectivity index (χ3v) is 1.20. The van der Waals surface area contributed by atoms with Crippen molar-refractivity contribution in [2.75, 3.05) is 6.61 Å². The van der Waals surface area contributed by atoms with Gasteiger partial charge in [0.2, 0.25) is 0 Å². The standard InChI is InChI=1S/C6H13NO2S/c1-2-9-6(8)4-3-5(7)10/h6,8H,2-4H2,1H3,(H2,7,10). The van der Waals surface area contributed by atoms with E-state index < -0.39 is 6.29 Å². The Kier molecular flexibility index (Phi) is 5.48. The molecule has 0 aliphatic heterocycles. The van der Waals surface area contributed by atoms with Crippen LogP contribution in [0.25, 0.3) is 0 Å². The first-order valence-electron chi connectivity index (χ1n) is 3.24. The molecule has 0 amide bonds. The Bertz CT molecular complexity index is 108. The van der Waals surface area contributed by atoms with Crippen molar-refractivity contribution in [3.63, 3.8) is 0 Å². The molecule has 0 aliphatic carbocycles. The van der Waals surface area contributed by atoms with Gasteiger partial charge in [0.25, 0.3) is 0 Å². The van der Waals surface area contributed by atoms with Crippen molar-refractivity contribution < 1.29 is 9.84 Å². The largest absolute Gasteiger partial charge is 0.393 e. The number of thiocarbonyl (C=S) groups is 1. The molecule has 0 radical (unpaired) electrons. The number of nitrogens with two attached hydrogens (primary N) is 1. The van der Waals surface area contributed by atoms with Crippen molar-refractivity contribution in [3.8, 4) is 0 Å². The number of rotatable bonds is 5. The van der Waals surface area contributed by atoms with Crippen molar-refractivity contribution in [2.45, 2.75) is 26.1 Å². The van der Waals surface area contributed by atoms with Crippen molar-refractivity contribution in [1.29, 1.82) is 0 Å². The van der Waals surface area contributed by atoms with E-state index in [1.165, 1.54) is 0 Å². The van der Waals surface area contributed by atoms with Gasteiger partial charge in [0.05, 0.1) is 4.99 Å². The third kappa shape index (κ3) is 5.94. The van der Waals surface area contributed by atoms with E-state index in [4.69, 9.17) is 15.6 Å². The summed E-state index contributed by atoms with van der Waals surface area (Å²) in [4.78, 5) is 0.416. The molecule has 0 saturated heterocycles. The maximum atomic E-state index is 8.96. The van der Waals surface area contributed by atoms with Crippen LogP contribution in [-0.4, -0.2) is 23.0 Å². The zero-order chi connectivity index (χ0) is 7.98. The first kappa shape index (κ1) is 9.81. The van der Waals surface area contributed by atoms with Gasteiger partial charge < -0.3 is 15.6 Å². The molecule has 0 bridgehead atoms. The van der Waals surface area contributed by atoms with Gasteiger partial charge in [-0.25, -0.2) is 0 Å². The Hall–Kier alpha value is -0.190. The van der Waals surface area contributed by atoms with Crippen molar-refractivity contribution in [1.82, 2.24) is 0 Å². The molecule has 1 unspecified atom stereocenters. The Morgan fingerprint density at radius 3 is 2.80 bits per heavy atom. The Morgan fingerprint density at radius 1 is 1.80 bits per heavy atom. The maximum absolute atomic E-state index is 8.96. The molecule has 0 rings (SSSR count). The summed E-state index contributed by atoms with van der Waals surface area (Å²) in [5.41, 5.74) is 5.20. The second-order valence-corrected chi connectivity index (χ2v) is 2.44. The first-order chi connectivity index (χ1) is 4.66. The van der Waals surface area contributed by atoms with Crippen LogP contribution in [0.2, 0.25) is 0 Å². The molecule has 0 heterocycles. The molecule has 0 spiro atoms. The molecule has 1 atom stereocenters. The molecule has 10 heavy (non-hydrogen) atoms. The summed E-state index contributed by atoms with van der Waals surface area (Å²) in [6.07, 6.45) is 0.311. The summed E-state index contributed by atoms with van der Waals surface area (Å²) < 4.78 is 4.83. The second-order valence-electron chi connectivity index (χ2n) is 1.91. The van der Waals surface area contributed by atoms with Crippen LogP contribution in [0, 0.1) is 0 Å². The quantitative estimate of drug-likeness (QED) is 0.455. The Labute approximate surface area is 66.2 Å². The molecule has 0 aliphatic rings. The molecule has 0 aromatic carbocycles. The smallest absolute Gasteiger partial charge is 0.154 e. The number of aliphatic hydroxyl groups is 1. The van der Waals surface area contributed by atoms with Gasteiger partial charge in [-0.05, 0) is 6.92 Å². The summed E-state index contributed by atoms with van der Waals surface area (Å²) in [5.74, 6) is 0. The van der Waals surface area contributed by atoms with E-state index >= 15 is 0 Å². The fraction of sp³-hybridized carbons (Fsp3) is 0.833. The molecular weight excluding hydrogens is 150 g/mol. The average Bonchev–Trinajstić information content (AvgIpc) is 1.85. The zero-order valence-electron chi connectivity index (χ0n) is 6.04. The van der Waals surface area contributed by atoms with Gasteiger partial charge in [0.1, 0.15) is 0 Å². The van der Waals surface area contributed by atoms with Crippen LogP contribution in [0.15, 0.2) is 0 Å². The minimum absolute atomic E-state index is 0.416. The summed E-state index contributed by atoms with van der Waals surface area (Å²) in [7, 11) is 0. The van der Waals surface area contributed by atoms with Gasteiger partial charge in [-0.15, -0.1) is 0 Å². The van der Waals surface area contributed by atoms with E-state index in [1.54, 1.807) is 0 Å².